The summed E-state index contributed by atoms with van der Waals surface area (Å²) in [6.07, 6.45) is 2.47. The molecule has 1 amide bonds. The van der Waals surface area contributed by atoms with Gasteiger partial charge in [-0.25, -0.2) is 4.98 Å². The molecule has 1 aromatic heterocycles. The quantitative estimate of drug-likeness (QED) is 0.699. The fourth-order valence-electron chi connectivity index (χ4n) is 3.16. The van der Waals surface area contributed by atoms with E-state index in [0.717, 1.165) is 29.9 Å². The lowest BCUT2D eigenvalue weighted by molar-refractivity contribution is -0.123. The van der Waals surface area contributed by atoms with Crippen molar-refractivity contribution in [2.45, 2.75) is 19.0 Å². The summed E-state index contributed by atoms with van der Waals surface area (Å²) in [5.41, 5.74) is 2.60. The van der Waals surface area contributed by atoms with Crippen molar-refractivity contribution in [2.75, 3.05) is 26.9 Å². The van der Waals surface area contributed by atoms with E-state index < -0.39 is 6.04 Å². The average Bonchev–Trinajstić information content (AvgIpc) is 3.14. The van der Waals surface area contributed by atoms with E-state index in [4.69, 9.17) is 14.2 Å². The first-order chi connectivity index (χ1) is 12.3. The van der Waals surface area contributed by atoms with Gasteiger partial charge in [0.25, 0.3) is 0 Å². The van der Waals surface area contributed by atoms with E-state index in [1.165, 1.54) is 0 Å². The third-order valence-corrected chi connectivity index (χ3v) is 4.41. The highest BCUT2D eigenvalue weighted by molar-refractivity contribution is 5.85. The number of halogens is 2. The molecule has 27 heavy (non-hydrogen) atoms. The van der Waals surface area contributed by atoms with Gasteiger partial charge in [0.1, 0.15) is 25.0 Å². The molecule has 0 saturated heterocycles. The number of ether oxygens (including phenoxy) is 3. The number of rotatable bonds is 4. The number of nitrogens with one attached hydrogen (secondary N) is 3. The van der Waals surface area contributed by atoms with Gasteiger partial charge in [0.15, 0.2) is 11.5 Å². The van der Waals surface area contributed by atoms with Crippen molar-refractivity contribution in [3.63, 3.8) is 0 Å². The highest BCUT2D eigenvalue weighted by Gasteiger charge is 2.28. The minimum Gasteiger partial charge on any atom is -0.496 e. The van der Waals surface area contributed by atoms with E-state index in [1.807, 2.05) is 6.07 Å². The molecular formula is C17H22Cl2N4O4. The zero-order valence-electron chi connectivity index (χ0n) is 14.7. The topological polar surface area (TPSA) is 97.5 Å². The van der Waals surface area contributed by atoms with Crippen LogP contribution in [0.2, 0.25) is 0 Å². The lowest BCUT2D eigenvalue weighted by atomic mass is 10.0. The lowest BCUT2D eigenvalue weighted by Crippen LogP contribution is -2.41. The lowest BCUT2D eigenvalue weighted by Gasteiger charge is -2.23. The second kappa shape index (κ2) is 9.16. The SMILES string of the molecule is COc1cc2c(cc1CNC(=O)C1NCCc3[nH]cnc31)OCCO2.Cl.Cl. The summed E-state index contributed by atoms with van der Waals surface area (Å²) in [4.78, 5) is 19.9. The number of carbonyl (C=O) groups excluding carboxylic acids is 1. The van der Waals surface area contributed by atoms with Crippen LogP contribution in [0.3, 0.4) is 0 Å². The van der Waals surface area contributed by atoms with E-state index >= 15 is 0 Å². The number of carbonyl (C=O) groups is 1. The summed E-state index contributed by atoms with van der Waals surface area (Å²) in [6.45, 7) is 2.10. The molecule has 1 aromatic carbocycles. The van der Waals surface area contributed by atoms with E-state index in [9.17, 15) is 4.79 Å². The molecule has 2 aromatic rings. The third kappa shape index (κ3) is 4.23. The second-order valence-corrected chi connectivity index (χ2v) is 5.93. The third-order valence-electron chi connectivity index (χ3n) is 4.41. The van der Waals surface area contributed by atoms with Crippen LogP contribution in [0.25, 0.3) is 0 Å². The van der Waals surface area contributed by atoms with Crippen molar-refractivity contribution in [1.82, 2.24) is 20.6 Å². The Hall–Kier alpha value is -2.16. The van der Waals surface area contributed by atoms with Crippen LogP contribution in [0.4, 0.5) is 0 Å². The molecule has 1 atom stereocenters. The van der Waals surface area contributed by atoms with Gasteiger partial charge in [-0.05, 0) is 6.07 Å². The molecule has 0 bridgehead atoms. The zero-order valence-corrected chi connectivity index (χ0v) is 16.4. The number of hydrogen-bond acceptors (Lipinski definition) is 6. The Kier molecular flexibility index (Phi) is 7.18. The van der Waals surface area contributed by atoms with Crippen molar-refractivity contribution in [2.24, 2.45) is 0 Å². The Morgan fingerprint density at radius 2 is 2.04 bits per heavy atom. The molecule has 8 nitrogen and oxygen atoms in total. The van der Waals surface area contributed by atoms with E-state index in [-0.39, 0.29) is 30.7 Å². The van der Waals surface area contributed by atoms with Gasteiger partial charge in [-0.15, -0.1) is 24.8 Å². The van der Waals surface area contributed by atoms with Crippen LogP contribution in [0.15, 0.2) is 18.5 Å². The first-order valence-corrected chi connectivity index (χ1v) is 8.26. The number of hydrogen-bond donors (Lipinski definition) is 3. The summed E-state index contributed by atoms with van der Waals surface area (Å²) in [7, 11) is 1.59. The number of methoxy groups -OCH3 is 1. The number of aromatic nitrogens is 2. The van der Waals surface area contributed by atoms with Crippen LogP contribution >= 0.6 is 24.8 Å². The number of benzene rings is 1. The molecule has 3 heterocycles. The highest BCUT2D eigenvalue weighted by Crippen LogP contribution is 2.36. The first-order valence-electron chi connectivity index (χ1n) is 8.26. The Bertz CT molecular complexity index is 799. The van der Waals surface area contributed by atoms with Gasteiger partial charge in [0, 0.05) is 36.8 Å². The Labute approximate surface area is 169 Å². The molecule has 2 aliphatic rings. The van der Waals surface area contributed by atoms with E-state index in [1.54, 1.807) is 19.5 Å². The fourth-order valence-corrected chi connectivity index (χ4v) is 3.16. The van der Waals surface area contributed by atoms with Gasteiger partial charge in [-0.3, -0.25) is 4.79 Å². The number of amides is 1. The molecule has 0 saturated carbocycles. The molecule has 3 N–H and O–H groups in total. The normalized spacial score (nSPS) is 17.0. The minimum absolute atomic E-state index is 0. The Balaban J connectivity index is 0.00000131. The number of nitrogens with zero attached hydrogens (tertiary/aromatic N) is 1. The van der Waals surface area contributed by atoms with Gasteiger partial charge in [-0.2, -0.15) is 0 Å². The summed E-state index contributed by atoms with van der Waals surface area (Å²) < 4.78 is 16.6. The molecule has 10 heteroatoms. The van der Waals surface area contributed by atoms with Crippen molar-refractivity contribution < 1.29 is 19.0 Å². The molecule has 0 spiro atoms. The van der Waals surface area contributed by atoms with Crippen LogP contribution in [-0.4, -0.2) is 42.7 Å². The smallest absolute Gasteiger partial charge is 0.243 e. The summed E-state index contributed by atoms with van der Waals surface area (Å²) in [5.74, 6) is 1.86. The maximum atomic E-state index is 12.6. The number of fused-ring (bicyclic) bond motifs is 2. The largest absolute Gasteiger partial charge is 0.496 e. The van der Waals surface area contributed by atoms with Crippen molar-refractivity contribution in [3.8, 4) is 17.2 Å². The van der Waals surface area contributed by atoms with Crippen LogP contribution in [0, 0.1) is 0 Å². The van der Waals surface area contributed by atoms with E-state index in [2.05, 4.69) is 20.6 Å². The maximum absolute atomic E-state index is 12.6. The van der Waals surface area contributed by atoms with Crippen LogP contribution in [-0.2, 0) is 17.8 Å². The molecule has 4 rings (SSSR count). The number of H-pyrrole nitrogens is 1. The molecule has 148 valence electrons. The molecule has 0 fully saturated rings. The van der Waals surface area contributed by atoms with Gasteiger partial charge in [0.2, 0.25) is 5.91 Å². The summed E-state index contributed by atoms with van der Waals surface area (Å²) >= 11 is 0. The standard InChI is InChI=1S/C17H20N4O4.2ClH/c1-23-12-7-14-13(24-4-5-25-14)6-10(12)8-19-17(22)16-15-11(2-3-18-16)20-9-21-15;;/h6-7,9,16,18H,2-5,8H2,1H3,(H,19,22)(H,20,21);2*1H. The monoisotopic (exact) mass is 416 g/mol. The molecular weight excluding hydrogens is 395 g/mol. The van der Waals surface area contributed by atoms with Gasteiger partial charge >= 0.3 is 0 Å². The van der Waals surface area contributed by atoms with Crippen LogP contribution in [0.5, 0.6) is 17.2 Å². The highest BCUT2D eigenvalue weighted by atomic mass is 35.5. The summed E-state index contributed by atoms with van der Waals surface area (Å²) in [5, 5.41) is 6.15. The van der Waals surface area contributed by atoms with Crippen molar-refractivity contribution in [3.05, 3.63) is 35.4 Å². The first kappa shape index (κ1) is 21.1. The number of aromatic amines is 1. The molecule has 0 aliphatic carbocycles. The van der Waals surface area contributed by atoms with Gasteiger partial charge in [-0.1, -0.05) is 0 Å². The maximum Gasteiger partial charge on any atom is 0.243 e. The fraction of sp³-hybridized carbons (Fsp3) is 0.412. The molecule has 1 unspecified atom stereocenters. The Morgan fingerprint density at radius 3 is 2.78 bits per heavy atom. The van der Waals surface area contributed by atoms with Crippen molar-refractivity contribution >= 4 is 30.7 Å². The zero-order chi connectivity index (χ0) is 17.2. The molecule has 2 aliphatic heterocycles. The van der Waals surface area contributed by atoms with Crippen LogP contribution < -0.4 is 24.8 Å². The second-order valence-electron chi connectivity index (χ2n) is 5.93. The minimum atomic E-state index is -0.446. The van der Waals surface area contributed by atoms with Gasteiger partial charge < -0.3 is 29.8 Å². The van der Waals surface area contributed by atoms with Crippen molar-refractivity contribution in [1.29, 1.82) is 0 Å². The molecule has 0 radical (unpaired) electrons. The average molecular weight is 417 g/mol. The number of imidazole rings is 1. The van der Waals surface area contributed by atoms with Crippen LogP contribution in [0.1, 0.15) is 23.0 Å². The predicted molar refractivity (Wildman–Crippen MR) is 103 cm³/mol. The Morgan fingerprint density at radius 1 is 1.30 bits per heavy atom. The predicted octanol–water partition coefficient (Wildman–Crippen LogP) is 1.54. The summed E-state index contributed by atoms with van der Waals surface area (Å²) in [6, 6.07) is 3.20. The van der Waals surface area contributed by atoms with Gasteiger partial charge in [0.05, 0.1) is 19.1 Å². The van der Waals surface area contributed by atoms with E-state index in [0.29, 0.717) is 37.0 Å².